The van der Waals surface area contributed by atoms with Crippen molar-refractivity contribution < 1.29 is 0 Å². The van der Waals surface area contributed by atoms with Gasteiger partial charge in [0, 0.05) is 0 Å². The van der Waals surface area contributed by atoms with Gasteiger partial charge in [-0.3, -0.25) is 0 Å². The molecule has 0 N–H and O–H groups in total. The van der Waals surface area contributed by atoms with Crippen LogP contribution < -0.4 is 0 Å². The number of aryl methyl sites for hydroxylation is 2. The van der Waals surface area contributed by atoms with Gasteiger partial charge < -0.3 is 0 Å². The molecule has 0 heterocycles. The Balaban J connectivity index is -0.000000189. The van der Waals surface area contributed by atoms with Gasteiger partial charge in [0.25, 0.3) is 0 Å². The summed E-state index contributed by atoms with van der Waals surface area (Å²) in [6, 6.07) is 31.3. The molecule has 0 aromatic heterocycles. The predicted octanol–water partition coefficient (Wildman–Crippen LogP) is 13.1. The molecular formula is C38H66. The van der Waals surface area contributed by atoms with Crippen molar-refractivity contribution in [3.8, 4) is 0 Å². The molecule has 0 nitrogen and oxygen atoms in total. The number of hydrogen-bond donors (Lipinski definition) is 0. The Bertz CT molecular complexity index is 764. The van der Waals surface area contributed by atoms with Crippen LogP contribution in [-0.4, -0.2) is 0 Å². The molecule has 218 valence electrons. The van der Waals surface area contributed by atoms with Crippen molar-refractivity contribution in [2.24, 2.45) is 5.41 Å². The van der Waals surface area contributed by atoms with Crippen molar-refractivity contribution >= 4 is 0 Å². The monoisotopic (exact) mass is 523 g/mol. The van der Waals surface area contributed by atoms with Crippen molar-refractivity contribution in [3.05, 3.63) is 108 Å². The lowest BCUT2D eigenvalue weighted by molar-refractivity contribution is 0.469. The van der Waals surface area contributed by atoms with E-state index in [0.29, 0.717) is 10.8 Å². The molecule has 0 aliphatic heterocycles. The average Bonchev–Trinajstić information content (AvgIpc) is 2.87. The Labute approximate surface area is 241 Å². The standard InChI is InChI=1S/C10H14.C8H10.C7H8.C5H12.2C3H8.C2H6/c1-10(2,3)9-7-5-4-6-8-9;1-2-8-6-4-3-5-7-8;1-7-5-3-2-4-6-7;1-5(2,3)4;2*1-3-2;1-2/h4-8H,1-3H3;3-7H,2H2,1H3;2-6H,1H3;1-4H3;2*3H2,1-2H3;1-2H3. The lowest BCUT2D eigenvalue weighted by Crippen LogP contribution is -2.10. The minimum Gasteiger partial charge on any atom is -0.0683 e. The zero-order valence-corrected chi connectivity index (χ0v) is 28.3. The molecule has 0 heteroatoms. The van der Waals surface area contributed by atoms with Gasteiger partial charge in [-0.2, -0.15) is 0 Å². The Morgan fingerprint density at radius 3 is 0.895 bits per heavy atom. The van der Waals surface area contributed by atoms with Crippen molar-refractivity contribution in [3.63, 3.8) is 0 Å². The quantitative estimate of drug-likeness (QED) is 0.298. The first-order chi connectivity index (χ1) is 17.8. The molecule has 0 bridgehead atoms. The normalized spacial score (nSPS) is 9.24. The van der Waals surface area contributed by atoms with Crippen molar-refractivity contribution in [2.45, 2.75) is 129 Å². The Hall–Kier alpha value is -2.34. The van der Waals surface area contributed by atoms with Crippen LogP contribution in [0.2, 0.25) is 0 Å². The molecule has 0 saturated carbocycles. The van der Waals surface area contributed by atoms with Gasteiger partial charge in [-0.05, 0) is 35.3 Å². The fourth-order valence-electron chi connectivity index (χ4n) is 2.19. The van der Waals surface area contributed by atoms with Crippen molar-refractivity contribution in [2.75, 3.05) is 0 Å². The molecule has 0 spiro atoms. The second kappa shape index (κ2) is 29.2. The molecule has 3 aromatic carbocycles. The summed E-state index contributed by atoms with van der Waals surface area (Å²) in [6.45, 7) is 32.2. The maximum absolute atomic E-state index is 2.22. The summed E-state index contributed by atoms with van der Waals surface area (Å²) in [5.74, 6) is 0. The van der Waals surface area contributed by atoms with Gasteiger partial charge in [-0.15, -0.1) is 0 Å². The maximum Gasteiger partial charge on any atom is -0.0132 e. The van der Waals surface area contributed by atoms with E-state index >= 15 is 0 Å². The number of rotatable bonds is 1. The van der Waals surface area contributed by atoms with Crippen LogP contribution in [0.25, 0.3) is 0 Å². The molecule has 3 rings (SSSR count). The lowest BCUT2D eigenvalue weighted by Gasteiger charge is -2.18. The fraction of sp³-hybridized carbons (Fsp3) is 0.526. The summed E-state index contributed by atoms with van der Waals surface area (Å²) in [6.07, 6.45) is 3.64. The first kappa shape index (κ1) is 42.7. The zero-order valence-electron chi connectivity index (χ0n) is 28.3. The Morgan fingerprint density at radius 2 is 0.737 bits per heavy atom. The van der Waals surface area contributed by atoms with Gasteiger partial charge in [0.1, 0.15) is 0 Å². The molecule has 0 amide bonds. The van der Waals surface area contributed by atoms with Gasteiger partial charge in [0.05, 0.1) is 0 Å². The van der Waals surface area contributed by atoms with Gasteiger partial charge in [0.2, 0.25) is 0 Å². The Kier molecular flexibility index (Phi) is 32.9. The smallest absolute Gasteiger partial charge is 0.0132 e. The minimum absolute atomic E-state index is 0.293. The lowest BCUT2D eigenvalue weighted by atomic mass is 9.87. The van der Waals surface area contributed by atoms with Crippen molar-refractivity contribution in [1.29, 1.82) is 0 Å². The number of benzene rings is 3. The van der Waals surface area contributed by atoms with Gasteiger partial charge >= 0.3 is 0 Å². The predicted molar refractivity (Wildman–Crippen MR) is 181 cm³/mol. The van der Waals surface area contributed by atoms with Gasteiger partial charge in [-0.1, -0.05) is 206 Å². The fourth-order valence-corrected chi connectivity index (χ4v) is 2.19. The van der Waals surface area contributed by atoms with Gasteiger partial charge in [0.15, 0.2) is 0 Å². The van der Waals surface area contributed by atoms with E-state index in [4.69, 9.17) is 0 Å². The van der Waals surface area contributed by atoms with Crippen LogP contribution in [-0.2, 0) is 11.8 Å². The molecule has 0 radical (unpaired) electrons. The topological polar surface area (TPSA) is 0 Å². The Morgan fingerprint density at radius 1 is 0.474 bits per heavy atom. The van der Waals surface area contributed by atoms with E-state index in [2.05, 4.69) is 157 Å². The van der Waals surface area contributed by atoms with E-state index in [-0.39, 0.29) is 0 Å². The van der Waals surface area contributed by atoms with Crippen LogP contribution in [0.5, 0.6) is 0 Å². The van der Waals surface area contributed by atoms with Crippen LogP contribution in [0, 0.1) is 12.3 Å². The summed E-state index contributed by atoms with van der Waals surface area (Å²) in [5.41, 5.74) is 4.92. The molecule has 0 aliphatic rings. The summed E-state index contributed by atoms with van der Waals surface area (Å²) in [7, 11) is 0. The van der Waals surface area contributed by atoms with E-state index in [1.807, 2.05) is 38.1 Å². The van der Waals surface area contributed by atoms with E-state index in [1.165, 1.54) is 29.5 Å². The average molecular weight is 523 g/mol. The van der Waals surface area contributed by atoms with Crippen molar-refractivity contribution in [1.82, 2.24) is 0 Å². The molecule has 0 atom stereocenters. The van der Waals surface area contributed by atoms with Crippen LogP contribution in [0.15, 0.2) is 91.0 Å². The van der Waals surface area contributed by atoms with Crippen LogP contribution in [0.1, 0.15) is 126 Å². The second-order valence-corrected chi connectivity index (χ2v) is 11.5. The van der Waals surface area contributed by atoms with E-state index in [9.17, 15) is 0 Å². The number of hydrogen-bond acceptors (Lipinski definition) is 0. The van der Waals surface area contributed by atoms with Crippen LogP contribution in [0.3, 0.4) is 0 Å². The molecule has 0 aliphatic carbocycles. The third-order valence-corrected chi connectivity index (χ3v) is 3.83. The first-order valence-electron chi connectivity index (χ1n) is 14.9. The minimum atomic E-state index is 0.293. The van der Waals surface area contributed by atoms with E-state index in [0.717, 1.165) is 6.42 Å². The molecular weight excluding hydrogens is 456 g/mol. The highest BCUT2D eigenvalue weighted by molar-refractivity contribution is 5.22. The SMILES string of the molecule is CC.CC(C)(C)C.CC(C)(C)c1ccccc1.CCC.CCC.CCc1ccccc1.Cc1ccccc1. The first-order valence-corrected chi connectivity index (χ1v) is 14.9. The highest BCUT2D eigenvalue weighted by atomic mass is 14.2. The van der Waals surface area contributed by atoms with Crippen LogP contribution >= 0.6 is 0 Å². The summed E-state index contributed by atoms with van der Waals surface area (Å²) in [5, 5.41) is 0. The summed E-state index contributed by atoms with van der Waals surface area (Å²) >= 11 is 0. The largest absolute Gasteiger partial charge is 0.0683 e. The maximum atomic E-state index is 2.22. The third kappa shape index (κ3) is 40.8. The van der Waals surface area contributed by atoms with Gasteiger partial charge in [-0.25, -0.2) is 0 Å². The molecule has 3 aromatic rings. The summed E-state index contributed by atoms with van der Waals surface area (Å²) in [4.78, 5) is 0. The van der Waals surface area contributed by atoms with Crippen LogP contribution in [0.4, 0.5) is 0 Å². The van der Waals surface area contributed by atoms with E-state index < -0.39 is 0 Å². The molecule has 0 fully saturated rings. The zero-order chi connectivity index (χ0) is 30.5. The van der Waals surface area contributed by atoms with E-state index in [1.54, 1.807) is 0 Å². The highest BCUT2D eigenvalue weighted by Gasteiger charge is 2.11. The molecule has 0 unspecified atom stereocenters. The highest BCUT2D eigenvalue weighted by Crippen LogP contribution is 2.20. The molecule has 38 heavy (non-hydrogen) atoms. The summed E-state index contributed by atoms with van der Waals surface area (Å²) < 4.78 is 0. The third-order valence-electron chi connectivity index (χ3n) is 3.83. The second-order valence-electron chi connectivity index (χ2n) is 11.5. The molecule has 0 saturated heterocycles.